The van der Waals surface area contributed by atoms with E-state index in [0.717, 1.165) is 27.8 Å². The molecule has 0 aliphatic carbocycles. The maximum Gasteiger partial charge on any atom is 0.407 e. The van der Waals surface area contributed by atoms with Crippen LogP contribution < -0.4 is 5.73 Å². The number of aliphatic hydroxyl groups is 1. The topological polar surface area (TPSA) is 99.7 Å². The number of nitrogens with zero attached hydrogens (tertiary/aromatic N) is 2. The van der Waals surface area contributed by atoms with Crippen molar-refractivity contribution in [1.82, 2.24) is 9.88 Å². The van der Waals surface area contributed by atoms with Crippen LogP contribution in [0.3, 0.4) is 0 Å². The predicted molar refractivity (Wildman–Crippen MR) is 146 cm³/mol. The highest BCUT2D eigenvalue weighted by Gasteiger charge is 2.31. The van der Waals surface area contributed by atoms with Crippen LogP contribution in [0.5, 0.6) is 0 Å². The lowest BCUT2D eigenvalue weighted by molar-refractivity contribution is 0.0362. The Labute approximate surface area is 218 Å². The van der Waals surface area contributed by atoms with Crippen LogP contribution in [0.1, 0.15) is 23.1 Å². The average molecular weight is 496 g/mol. The van der Waals surface area contributed by atoms with E-state index in [1.807, 2.05) is 103 Å². The summed E-state index contributed by atoms with van der Waals surface area (Å²) < 4.78 is 0. The first-order valence-electron chi connectivity index (χ1n) is 12.5. The SMILES string of the molecule is N[C@@H](Cc1ccccc1)C[C@H](O)[C@H](Cc1ccc(-c2cccnc2)cc1)N(Cc1ccccc1)C(=O)O. The fourth-order valence-corrected chi connectivity index (χ4v) is 4.64. The highest BCUT2D eigenvalue weighted by Crippen LogP contribution is 2.23. The molecule has 0 bridgehead atoms. The van der Waals surface area contributed by atoms with Gasteiger partial charge in [-0.2, -0.15) is 0 Å². The highest BCUT2D eigenvalue weighted by molar-refractivity contribution is 5.66. The van der Waals surface area contributed by atoms with Crippen LogP contribution in [-0.4, -0.2) is 44.4 Å². The third-order valence-electron chi connectivity index (χ3n) is 6.56. The van der Waals surface area contributed by atoms with E-state index in [2.05, 4.69) is 4.98 Å². The molecule has 37 heavy (non-hydrogen) atoms. The van der Waals surface area contributed by atoms with Gasteiger partial charge in [-0.05, 0) is 53.1 Å². The van der Waals surface area contributed by atoms with E-state index in [0.29, 0.717) is 12.8 Å². The number of hydrogen-bond donors (Lipinski definition) is 3. The summed E-state index contributed by atoms with van der Waals surface area (Å²) in [7, 11) is 0. The fourth-order valence-electron chi connectivity index (χ4n) is 4.64. The molecule has 4 aromatic rings. The fraction of sp³-hybridized carbons (Fsp3) is 0.226. The van der Waals surface area contributed by atoms with Gasteiger partial charge in [-0.1, -0.05) is 91.0 Å². The van der Waals surface area contributed by atoms with E-state index in [1.165, 1.54) is 4.90 Å². The Bertz CT molecular complexity index is 1240. The van der Waals surface area contributed by atoms with E-state index in [-0.39, 0.29) is 19.0 Å². The quantitative estimate of drug-likeness (QED) is 0.267. The molecule has 0 saturated carbocycles. The Kier molecular flexibility index (Phi) is 9.03. The van der Waals surface area contributed by atoms with Crippen LogP contribution in [-0.2, 0) is 19.4 Å². The second kappa shape index (κ2) is 12.8. The van der Waals surface area contributed by atoms with Crippen LogP contribution in [0.15, 0.2) is 109 Å². The number of carbonyl (C=O) groups is 1. The second-order valence-electron chi connectivity index (χ2n) is 9.36. The van der Waals surface area contributed by atoms with Crippen LogP contribution in [0.2, 0.25) is 0 Å². The lowest BCUT2D eigenvalue weighted by atomic mass is 9.92. The third-order valence-corrected chi connectivity index (χ3v) is 6.56. The molecule has 3 atom stereocenters. The number of amides is 1. The van der Waals surface area contributed by atoms with Crippen molar-refractivity contribution < 1.29 is 15.0 Å². The van der Waals surface area contributed by atoms with Gasteiger partial charge < -0.3 is 15.9 Å². The molecule has 0 saturated heterocycles. The molecule has 0 fully saturated rings. The van der Waals surface area contributed by atoms with Gasteiger partial charge in [0.05, 0.1) is 12.1 Å². The largest absolute Gasteiger partial charge is 0.465 e. The van der Waals surface area contributed by atoms with Crippen molar-refractivity contribution in [1.29, 1.82) is 0 Å². The molecular weight excluding hydrogens is 462 g/mol. The van der Waals surface area contributed by atoms with Gasteiger partial charge in [-0.3, -0.25) is 9.88 Å². The zero-order chi connectivity index (χ0) is 26.0. The number of rotatable bonds is 11. The highest BCUT2D eigenvalue weighted by atomic mass is 16.4. The molecule has 0 radical (unpaired) electrons. The molecular formula is C31H33N3O3. The Morgan fingerprint density at radius 3 is 2.00 bits per heavy atom. The van der Waals surface area contributed by atoms with Gasteiger partial charge in [0.2, 0.25) is 0 Å². The molecule has 6 heteroatoms. The lowest BCUT2D eigenvalue weighted by Crippen LogP contribution is -2.49. The maximum atomic E-state index is 12.4. The molecule has 0 spiro atoms. The van der Waals surface area contributed by atoms with Gasteiger partial charge in [0.1, 0.15) is 0 Å². The number of aromatic nitrogens is 1. The van der Waals surface area contributed by atoms with Gasteiger partial charge in [0, 0.05) is 25.0 Å². The van der Waals surface area contributed by atoms with Gasteiger partial charge >= 0.3 is 6.09 Å². The number of pyridine rings is 1. The number of benzene rings is 3. The minimum absolute atomic E-state index is 0.180. The summed E-state index contributed by atoms with van der Waals surface area (Å²) in [5.74, 6) is 0. The molecule has 4 N–H and O–H groups in total. The Morgan fingerprint density at radius 2 is 1.41 bits per heavy atom. The van der Waals surface area contributed by atoms with Gasteiger partial charge in [-0.15, -0.1) is 0 Å². The first kappa shape index (κ1) is 26.1. The minimum atomic E-state index is -1.07. The molecule has 0 aliphatic heterocycles. The Balaban J connectivity index is 1.55. The van der Waals surface area contributed by atoms with Crippen LogP contribution >= 0.6 is 0 Å². The number of nitrogens with two attached hydrogens (primary N) is 1. The first-order chi connectivity index (χ1) is 18.0. The monoisotopic (exact) mass is 495 g/mol. The number of carboxylic acid groups (broad SMARTS) is 1. The van der Waals surface area contributed by atoms with E-state index in [4.69, 9.17) is 5.73 Å². The van der Waals surface area contributed by atoms with Crippen molar-refractivity contribution in [3.05, 3.63) is 126 Å². The van der Waals surface area contributed by atoms with Crippen LogP contribution in [0, 0.1) is 0 Å². The van der Waals surface area contributed by atoms with E-state index >= 15 is 0 Å². The van der Waals surface area contributed by atoms with E-state index in [1.54, 1.807) is 6.20 Å². The summed E-state index contributed by atoms with van der Waals surface area (Å²) in [6.45, 7) is 0.180. The normalized spacial score (nSPS) is 13.5. The summed E-state index contributed by atoms with van der Waals surface area (Å²) in [4.78, 5) is 17.9. The molecule has 0 aliphatic rings. The Morgan fingerprint density at radius 1 is 0.784 bits per heavy atom. The van der Waals surface area contributed by atoms with Crippen molar-refractivity contribution >= 4 is 6.09 Å². The van der Waals surface area contributed by atoms with Gasteiger partial charge in [0.15, 0.2) is 0 Å². The molecule has 1 heterocycles. The molecule has 190 valence electrons. The number of hydrogen-bond acceptors (Lipinski definition) is 4. The van der Waals surface area contributed by atoms with Crippen LogP contribution in [0.25, 0.3) is 11.1 Å². The smallest absolute Gasteiger partial charge is 0.407 e. The van der Waals surface area contributed by atoms with Gasteiger partial charge in [-0.25, -0.2) is 4.79 Å². The minimum Gasteiger partial charge on any atom is -0.465 e. The summed E-state index contributed by atoms with van der Waals surface area (Å²) in [5.41, 5.74) is 11.3. The summed E-state index contributed by atoms with van der Waals surface area (Å²) >= 11 is 0. The summed E-state index contributed by atoms with van der Waals surface area (Å²) in [6.07, 6.45) is 2.79. The second-order valence-corrected chi connectivity index (χ2v) is 9.36. The van der Waals surface area contributed by atoms with Gasteiger partial charge in [0.25, 0.3) is 0 Å². The standard InChI is InChI=1S/C31H33N3O3/c32-28(18-23-8-3-1-4-9-23)20-30(35)29(34(31(36)37)22-25-10-5-2-6-11-25)19-24-13-15-26(16-14-24)27-12-7-17-33-21-27/h1-17,21,28-30,35H,18-20,22,32H2,(H,36,37)/t28-,29-,30-/m0/s1. The maximum absolute atomic E-state index is 12.4. The summed E-state index contributed by atoms with van der Waals surface area (Å²) in [5, 5.41) is 21.5. The molecule has 6 nitrogen and oxygen atoms in total. The van der Waals surface area contributed by atoms with Crippen molar-refractivity contribution in [2.45, 2.75) is 44.0 Å². The first-order valence-corrected chi connectivity index (χ1v) is 12.5. The zero-order valence-corrected chi connectivity index (χ0v) is 20.7. The molecule has 3 aromatic carbocycles. The molecule has 1 amide bonds. The van der Waals surface area contributed by atoms with Crippen molar-refractivity contribution in [3.8, 4) is 11.1 Å². The average Bonchev–Trinajstić information content (AvgIpc) is 2.92. The van der Waals surface area contributed by atoms with E-state index < -0.39 is 18.2 Å². The third kappa shape index (κ3) is 7.49. The predicted octanol–water partition coefficient (Wildman–Crippen LogP) is 5.16. The molecule has 0 unspecified atom stereocenters. The van der Waals surface area contributed by atoms with Crippen molar-refractivity contribution in [3.63, 3.8) is 0 Å². The summed E-state index contributed by atoms with van der Waals surface area (Å²) in [6, 6.07) is 30.2. The molecule has 4 rings (SSSR count). The van der Waals surface area contributed by atoms with Crippen LogP contribution in [0.4, 0.5) is 4.79 Å². The zero-order valence-electron chi connectivity index (χ0n) is 20.7. The van der Waals surface area contributed by atoms with Crippen molar-refractivity contribution in [2.24, 2.45) is 5.73 Å². The van der Waals surface area contributed by atoms with Crippen molar-refractivity contribution in [2.75, 3.05) is 0 Å². The van der Waals surface area contributed by atoms with E-state index in [9.17, 15) is 15.0 Å². The number of aliphatic hydroxyl groups excluding tert-OH is 1. The lowest BCUT2D eigenvalue weighted by Gasteiger charge is -2.34. The Hall–Kier alpha value is -4.00. The molecule has 1 aromatic heterocycles.